The Bertz CT molecular complexity index is 645. The molecular formula is C16H14N2. The molecule has 0 N–H and O–H groups in total. The zero-order chi connectivity index (χ0) is 12.1. The fraction of sp³-hybridized carbons (Fsp3) is 0.125. The van der Waals surface area contributed by atoms with Gasteiger partial charge >= 0.3 is 0 Å². The number of nitrogens with zero attached hydrogens (tertiary/aromatic N) is 2. The molecule has 0 amide bonds. The van der Waals surface area contributed by atoms with E-state index in [2.05, 4.69) is 77.8 Å². The molecule has 1 unspecified atom stereocenters. The topological polar surface area (TPSA) is 6.48 Å². The van der Waals surface area contributed by atoms with E-state index in [-0.39, 0.29) is 0 Å². The van der Waals surface area contributed by atoms with Gasteiger partial charge in [-0.25, -0.2) is 0 Å². The Morgan fingerprint density at radius 2 is 1.56 bits per heavy atom. The van der Waals surface area contributed by atoms with Gasteiger partial charge in [0.25, 0.3) is 0 Å². The van der Waals surface area contributed by atoms with Gasteiger partial charge in [-0.2, -0.15) is 0 Å². The van der Waals surface area contributed by atoms with Gasteiger partial charge in [-0.3, -0.25) is 0 Å². The SMILES string of the molecule is CN1C=CN2c3ccccc3-c3ccccc3C12. The molecule has 2 nitrogen and oxygen atoms in total. The molecule has 0 radical (unpaired) electrons. The van der Waals surface area contributed by atoms with Crippen molar-refractivity contribution in [2.24, 2.45) is 0 Å². The molecule has 2 aliphatic heterocycles. The van der Waals surface area contributed by atoms with E-state index >= 15 is 0 Å². The van der Waals surface area contributed by atoms with Crippen molar-refractivity contribution in [1.29, 1.82) is 0 Å². The van der Waals surface area contributed by atoms with Gasteiger partial charge in [0.15, 0.2) is 0 Å². The lowest BCUT2D eigenvalue weighted by Crippen LogP contribution is -2.31. The maximum atomic E-state index is 2.34. The highest BCUT2D eigenvalue weighted by Crippen LogP contribution is 2.47. The van der Waals surface area contributed by atoms with Crippen LogP contribution in [0.3, 0.4) is 0 Å². The number of para-hydroxylation sites is 1. The van der Waals surface area contributed by atoms with Gasteiger partial charge in [-0.1, -0.05) is 42.5 Å². The molecule has 0 aliphatic carbocycles. The number of hydrogen-bond acceptors (Lipinski definition) is 2. The molecule has 0 fully saturated rings. The molecule has 1 atom stereocenters. The Hall–Kier alpha value is -2.22. The minimum atomic E-state index is 0.302. The standard InChI is InChI=1S/C16H14N2/c1-17-10-11-18-15-9-5-4-7-13(15)12-6-2-3-8-14(12)16(17)18/h2-11,16H,1H3. The van der Waals surface area contributed by atoms with Crippen LogP contribution < -0.4 is 4.90 Å². The van der Waals surface area contributed by atoms with Gasteiger partial charge in [0.1, 0.15) is 6.17 Å². The van der Waals surface area contributed by atoms with Crippen molar-refractivity contribution in [2.45, 2.75) is 6.17 Å². The average Bonchev–Trinajstić information content (AvgIpc) is 2.82. The lowest BCUT2D eigenvalue weighted by Gasteiger charge is -2.37. The lowest BCUT2D eigenvalue weighted by molar-refractivity contribution is 0.367. The first-order valence-electron chi connectivity index (χ1n) is 6.23. The molecule has 18 heavy (non-hydrogen) atoms. The van der Waals surface area contributed by atoms with Gasteiger partial charge in [0.05, 0.1) is 5.69 Å². The Balaban J connectivity index is 2.05. The van der Waals surface area contributed by atoms with Crippen LogP contribution in [0.1, 0.15) is 11.7 Å². The van der Waals surface area contributed by atoms with Crippen LogP contribution in [0.2, 0.25) is 0 Å². The van der Waals surface area contributed by atoms with E-state index in [1.54, 1.807) is 0 Å². The van der Waals surface area contributed by atoms with Gasteiger partial charge in [0.2, 0.25) is 0 Å². The minimum Gasteiger partial charge on any atom is -0.355 e. The highest BCUT2D eigenvalue weighted by atomic mass is 15.4. The van der Waals surface area contributed by atoms with Crippen LogP contribution in [0.25, 0.3) is 11.1 Å². The number of rotatable bonds is 0. The van der Waals surface area contributed by atoms with Gasteiger partial charge in [-0.05, 0) is 11.6 Å². The second-order valence-corrected chi connectivity index (χ2v) is 4.85. The van der Waals surface area contributed by atoms with Crippen molar-refractivity contribution < 1.29 is 0 Å². The van der Waals surface area contributed by atoms with E-state index in [1.165, 1.54) is 22.4 Å². The maximum absolute atomic E-state index is 2.34. The second-order valence-electron chi connectivity index (χ2n) is 4.85. The summed E-state index contributed by atoms with van der Waals surface area (Å²) in [5, 5.41) is 0. The third-order valence-corrected chi connectivity index (χ3v) is 3.82. The van der Waals surface area contributed by atoms with E-state index in [4.69, 9.17) is 0 Å². The zero-order valence-corrected chi connectivity index (χ0v) is 10.2. The smallest absolute Gasteiger partial charge is 0.132 e. The number of fused-ring (bicyclic) bond motifs is 6. The number of benzene rings is 2. The molecular weight excluding hydrogens is 220 g/mol. The Morgan fingerprint density at radius 3 is 2.44 bits per heavy atom. The summed E-state index contributed by atoms with van der Waals surface area (Å²) in [4.78, 5) is 4.60. The van der Waals surface area contributed by atoms with Crippen LogP contribution in [0.4, 0.5) is 5.69 Å². The molecule has 0 saturated heterocycles. The zero-order valence-electron chi connectivity index (χ0n) is 10.2. The molecule has 0 bridgehead atoms. The molecule has 0 saturated carbocycles. The monoisotopic (exact) mass is 234 g/mol. The normalized spacial score (nSPS) is 19.5. The van der Waals surface area contributed by atoms with Crippen molar-refractivity contribution >= 4 is 5.69 Å². The first kappa shape index (κ1) is 9.77. The van der Waals surface area contributed by atoms with E-state index in [1.807, 2.05) is 0 Å². The van der Waals surface area contributed by atoms with E-state index in [9.17, 15) is 0 Å². The van der Waals surface area contributed by atoms with Crippen molar-refractivity contribution in [1.82, 2.24) is 4.90 Å². The summed E-state index contributed by atoms with van der Waals surface area (Å²) in [5.74, 6) is 0. The fourth-order valence-electron chi connectivity index (χ4n) is 3.01. The summed E-state index contributed by atoms with van der Waals surface area (Å²) in [7, 11) is 2.13. The molecule has 88 valence electrons. The molecule has 0 spiro atoms. The van der Waals surface area contributed by atoms with Crippen LogP contribution in [0.15, 0.2) is 60.9 Å². The Labute approximate surface area is 107 Å². The molecule has 4 rings (SSSR count). The van der Waals surface area contributed by atoms with E-state index < -0.39 is 0 Å². The van der Waals surface area contributed by atoms with Crippen molar-refractivity contribution in [3.8, 4) is 11.1 Å². The van der Waals surface area contributed by atoms with Gasteiger partial charge in [-0.15, -0.1) is 0 Å². The largest absolute Gasteiger partial charge is 0.355 e. The Morgan fingerprint density at radius 1 is 0.833 bits per heavy atom. The quantitative estimate of drug-likeness (QED) is 0.687. The van der Waals surface area contributed by atoms with Crippen molar-refractivity contribution in [3.05, 3.63) is 66.5 Å². The third-order valence-electron chi connectivity index (χ3n) is 3.82. The predicted octanol–water partition coefficient (Wildman–Crippen LogP) is 3.59. The molecule has 2 aromatic rings. The van der Waals surface area contributed by atoms with E-state index in [0.717, 1.165) is 0 Å². The number of hydrogen-bond donors (Lipinski definition) is 0. The molecule has 2 heterocycles. The lowest BCUT2D eigenvalue weighted by atomic mass is 9.91. The summed E-state index contributed by atoms with van der Waals surface area (Å²) < 4.78 is 0. The molecule has 0 aromatic heterocycles. The summed E-state index contributed by atoms with van der Waals surface area (Å²) in [6.45, 7) is 0. The summed E-state index contributed by atoms with van der Waals surface area (Å²) in [6, 6.07) is 17.3. The Kier molecular flexibility index (Phi) is 1.84. The first-order valence-corrected chi connectivity index (χ1v) is 6.23. The van der Waals surface area contributed by atoms with Crippen LogP contribution in [0.5, 0.6) is 0 Å². The van der Waals surface area contributed by atoms with Gasteiger partial charge < -0.3 is 9.80 Å². The summed E-state index contributed by atoms with van der Waals surface area (Å²) >= 11 is 0. The average molecular weight is 234 g/mol. The predicted molar refractivity (Wildman–Crippen MR) is 74.0 cm³/mol. The van der Waals surface area contributed by atoms with E-state index in [0.29, 0.717) is 6.17 Å². The van der Waals surface area contributed by atoms with Gasteiger partial charge in [0, 0.05) is 30.6 Å². The highest BCUT2D eigenvalue weighted by molar-refractivity contribution is 5.85. The fourth-order valence-corrected chi connectivity index (χ4v) is 3.01. The minimum absolute atomic E-state index is 0.302. The van der Waals surface area contributed by atoms with Crippen LogP contribution in [-0.2, 0) is 0 Å². The highest BCUT2D eigenvalue weighted by Gasteiger charge is 2.33. The molecule has 2 heteroatoms. The van der Waals surface area contributed by atoms with Crippen LogP contribution in [0, 0.1) is 0 Å². The number of anilines is 1. The molecule has 2 aliphatic rings. The van der Waals surface area contributed by atoms with Crippen LogP contribution in [-0.4, -0.2) is 11.9 Å². The second kappa shape index (κ2) is 3.39. The first-order chi connectivity index (χ1) is 8.86. The molecule has 2 aromatic carbocycles. The van der Waals surface area contributed by atoms with Crippen molar-refractivity contribution in [2.75, 3.05) is 11.9 Å². The van der Waals surface area contributed by atoms with Crippen LogP contribution >= 0.6 is 0 Å². The maximum Gasteiger partial charge on any atom is 0.132 e. The van der Waals surface area contributed by atoms with Crippen molar-refractivity contribution in [3.63, 3.8) is 0 Å². The summed E-state index contributed by atoms with van der Waals surface area (Å²) in [5.41, 5.74) is 5.35. The third kappa shape index (κ3) is 1.12. The summed E-state index contributed by atoms with van der Waals surface area (Å²) in [6.07, 6.45) is 4.61.